The van der Waals surface area contributed by atoms with E-state index in [1.807, 2.05) is 13.0 Å². The molecule has 0 fully saturated rings. The van der Waals surface area contributed by atoms with Gasteiger partial charge in [0.25, 0.3) is 15.9 Å². The Labute approximate surface area is 178 Å². The van der Waals surface area contributed by atoms with Crippen LogP contribution >= 0.6 is 0 Å². The summed E-state index contributed by atoms with van der Waals surface area (Å²) in [6.45, 7) is 2.40. The number of hydrogen-bond acceptors (Lipinski definition) is 4. The van der Waals surface area contributed by atoms with Crippen molar-refractivity contribution in [1.29, 1.82) is 0 Å². The molecule has 0 atom stereocenters. The average molecular weight is 429 g/mol. The van der Waals surface area contributed by atoms with Crippen LogP contribution in [0.2, 0.25) is 0 Å². The number of carbonyl (C=O) groups is 1. The lowest BCUT2D eigenvalue weighted by atomic mass is 9.97. The number of nitrogens with one attached hydrogen (secondary N) is 2. The largest absolute Gasteiger partial charge is 0.484 e. The molecule has 0 aromatic heterocycles. The molecule has 0 saturated carbocycles. The third kappa shape index (κ3) is 6.62. The van der Waals surface area contributed by atoms with Crippen molar-refractivity contribution >= 4 is 21.6 Å². The molecule has 2 aromatic carbocycles. The maximum atomic E-state index is 12.5. The second kappa shape index (κ2) is 10.3. The minimum absolute atomic E-state index is 0.104. The van der Waals surface area contributed by atoms with E-state index in [1.54, 1.807) is 30.3 Å². The van der Waals surface area contributed by atoms with Crippen LogP contribution in [0.1, 0.15) is 37.7 Å². The number of rotatable bonds is 9. The van der Waals surface area contributed by atoms with Crippen molar-refractivity contribution in [2.24, 2.45) is 0 Å². The number of hydrogen-bond donors (Lipinski definition) is 2. The van der Waals surface area contributed by atoms with Crippen LogP contribution in [-0.4, -0.2) is 27.5 Å². The molecular weight excluding hydrogens is 400 g/mol. The van der Waals surface area contributed by atoms with Crippen LogP contribution < -0.4 is 14.8 Å². The SMILES string of the molecule is Cc1cccc(NS(=O)(=O)c2ccc(OCC(=O)NCCC3=CCCCC3)cc2)c1. The van der Waals surface area contributed by atoms with E-state index >= 15 is 0 Å². The molecule has 0 spiro atoms. The zero-order valence-corrected chi connectivity index (χ0v) is 18.0. The summed E-state index contributed by atoms with van der Waals surface area (Å²) in [7, 11) is -3.69. The van der Waals surface area contributed by atoms with Crippen LogP contribution in [0.25, 0.3) is 0 Å². The number of aryl methyl sites for hydroxylation is 1. The highest BCUT2D eigenvalue weighted by molar-refractivity contribution is 7.92. The monoisotopic (exact) mass is 428 g/mol. The van der Waals surface area contributed by atoms with Crippen molar-refractivity contribution in [1.82, 2.24) is 5.32 Å². The highest BCUT2D eigenvalue weighted by Gasteiger charge is 2.14. The van der Waals surface area contributed by atoms with E-state index in [0.29, 0.717) is 18.0 Å². The summed E-state index contributed by atoms with van der Waals surface area (Å²) in [5.41, 5.74) is 2.89. The molecule has 1 aliphatic carbocycles. The van der Waals surface area contributed by atoms with Crippen molar-refractivity contribution in [3.63, 3.8) is 0 Å². The maximum absolute atomic E-state index is 12.5. The fraction of sp³-hybridized carbons (Fsp3) is 0.348. The summed E-state index contributed by atoms with van der Waals surface area (Å²) >= 11 is 0. The van der Waals surface area contributed by atoms with Gasteiger partial charge in [0.1, 0.15) is 5.75 Å². The Morgan fingerprint density at radius 1 is 1.10 bits per heavy atom. The molecule has 2 N–H and O–H groups in total. The Bertz CT molecular complexity index is 998. The van der Waals surface area contributed by atoms with Crippen LogP contribution in [0.3, 0.4) is 0 Å². The standard InChI is InChI=1S/C23H28N2O4S/c1-18-6-5-9-20(16-18)25-30(27,28)22-12-10-21(11-13-22)29-17-23(26)24-15-14-19-7-3-2-4-8-19/h5-7,9-13,16,25H,2-4,8,14-15,17H2,1H3,(H,24,26). The van der Waals surface area contributed by atoms with Crippen molar-refractivity contribution in [2.45, 2.75) is 43.9 Å². The van der Waals surface area contributed by atoms with Crippen molar-refractivity contribution < 1.29 is 17.9 Å². The van der Waals surface area contributed by atoms with Gasteiger partial charge < -0.3 is 10.1 Å². The summed E-state index contributed by atoms with van der Waals surface area (Å²) in [5.74, 6) is 0.249. The van der Waals surface area contributed by atoms with Gasteiger partial charge in [-0.3, -0.25) is 9.52 Å². The lowest BCUT2D eigenvalue weighted by Gasteiger charge is -2.13. The lowest BCUT2D eigenvalue weighted by molar-refractivity contribution is -0.123. The highest BCUT2D eigenvalue weighted by atomic mass is 32.2. The molecule has 30 heavy (non-hydrogen) atoms. The molecule has 0 saturated heterocycles. The van der Waals surface area contributed by atoms with Crippen molar-refractivity contribution in [2.75, 3.05) is 17.9 Å². The molecule has 0 bridgehead atoms. The second-order valence-corrected chi connectivity index (χ2v) is 9.13. The van der Waals surface area contributed by atoms with E-state index in [9.17, 15) is 13.2 Å². The first-order valence-electron chi connectivity index (χ1n) is 10.2. The minimum Gasteiger partial charge on any atom is -0.484 e. The number of benzene rings is 2. The first-order valence-corrected chi connectivity index (χ1v) is 11.7. The van der Waals surface area contributed by atoms with Crippen LogP contribution in [0.5, 0.6) is 5.75 Å². The Kier molecular flexibility index (Phi) is 7.52. The Balaban J connectivity index is 1.46. The molecule has 7 heteroatoms. The highest BCUT2D eigenvalue weighted by Crippen LogP contribution is 2.21. The summed E-state index contributed by atoms with van der Waals surface area (Å²) in [6.07, 6.45) is 7.90. The van der Waals surface area contributed by atoms with Gasteiger partial charge in [-0.15, -0.1) is 0 Å². The lowest BCUT2D eigenvalue weighted by Crippen LogP contribution is -2.30. The topological polar surface area (TPSA) is 84.5 Å². The predicted molar refractivity (Wildman–Crippen MR) is 118 cm³/mol. The molecule has 0 unspecified atom stereocenters. The molecular formula is C23H28N2O4S. The molecule has 0 aliphatic heterocycles. The van der Waals surface area contributed by atoms with Gasteiger partial charge in [0.15, 0.2) is 6.61 Å². The average Bonchev–Trinajstić information content (AvgIpc) is 2.73. The van der Waals surface area contributed by atoms with Gasteiger partial charge in [-0.1, -0.05) is 23.8 Å². The summed E-state index contributed by atoms with van der Waals surface area (Å²) in [6, 6.07) is 13.2. The quantitative estimate of drug-likeness (QED) is 0.587. The number of carbonyl (C=O) groups excluding carboxylic acids is 1. The maximum Gasteiger partial charge on any atom is 0.261 e. The smallest absolute Gasteiger partial charge is 0.261 e. The molecule has 2 aromatic rings. The first kappa shape index (κ1) is 21.9. The molecule has 160 valence electrons. The number of ether oxygens (including phenoxy) is 1. The van der Waals surface area contributed by atoms with Gasteiger partial charge in [0, 0.05) is 12.2 Å². The second-order valence-electron chi connectivity index (χ2n) is 7.44. The van der Waals surface area contributed by atoms with Crippen LogP contribution in [0.15, 0.2) is 65.1 Å². The minimum atomic E-state index is -3.69. The molecule has 6 nitrogen and oxygen atoms in total. The van der Waals surface area contributed by atoms with E-state index in [0.717, 1.165) is 24.8 Å². The van der Waals surface area contributed by atoms with Crippen LogP contribution in [0.4, 0.5) is 5.69 Å². The number of anilines is 1. The van der Waals surface area contributed by atoms with E-state index in [1.165, 1.54) is 30.5 Å². The van der Waals surface area contributed by atoms with E-state index in [4.69, 9.17) is 4.74 Å². The van der Waals surface area contributed by atoms with Gasteiger partial charge in [-0.05, 0) is 81.0 Å². The van der Waals surface area contributed by atoms with Crippen LogP contribution in [0, 0.1) is 6.92 Å². The number of amides is 1. The van der Waals surface area contributed by atoms with Gasteiger partial charge in [-0.2, -0.15) is 0 Å². The summed E-state index contributed by atoms with van der Waals surface area (Å²) in [5, 5.41) is 2.86. The molecule has 1 amide bonds. The molecule has 3 rings (SSSR count). The fourth-order valence-corrected chi connectivity index (χ4v) is 4.38. The van der Waals surface area contributed by atoms with Crippen LogP contribution in [-0.2, 0) is 14.8 Å². The Morgan fingerprint density at radius 2 is 1.90 bits per heavy atom. The third-order valence-corrected chi connectivity index (χ3v) is 6.32. The number of sulfonamides is 1. The van der Waals surface area contributed by atoms with E-state index in [-0.39, 0.29) is 17.4 Å². The van der Waals surface area contributed by atoms with Gasteiger partial charge in [0.2, 0.25) is 0 Å². The summed E-state index contributed by atoms with van der Waals surface area (Å²) in [4.78, 5) is 12.1. The molecule has 1 aliphatic rings. The Hall–Kier alpha value is -2.80. The Morgan fingerprint density at radius 3 is 2.60 bits per heavy atom. The van der Waals surface area contributed by atoms with Gasteiger partial charge in [0.05, 0.1) is 4.90 Å². The van der Waals surface area contributed by atoms with E-state index in [2.05, 4.69) is 16.1 Å². The van der Waals surface area contributed by atoms with Crippen molar-refractivity contribution in [3.8, 4) is 5.75 Å². The third-order valence-electron chi connectivity index (χ3n) is 4.93. The predicted octanol–water partition coefficient (Wildman–Crippen LogP) is 4.18. The van der Waals surface area contributed by atoms with E-state index < -0.39 is 10.0 Å². The zero-order valence-electron chi connectivity index (χ0n) is 17.2. The van der Waals surface area contributed by atoms with Gasteiger partial charge >= 0.3 is 0 Å². The number of allylic oxidation sites excluding steroid dienone is 1. The normalized spacial score (nSPS) is 14.0. The first-order chi connectivity index (χ1) is 14.4. The zero-order chi connectivity index (χ0) is 21.4. The molecule has 0 heterocycles. The van der Waals surface area contributed by atoms with Gasteiger partial charge in [-0.25, -0.2) is 8.42 Å². The summed E-state index contributed by atoms with van der Waals surface area (Å²) < 4.78 is 33.1. The molecule has 0 radical (unpaired) electrons. The fourth-order valence-electron chi connectivity index (χ4n) is 3.33. The van der Waals surface area contributed by atoms with Crippen molar-refractivity contribution in [3.05, 3.63) is 65.7 Å².